The van der Waals surface area contributed by atoms with Crippen molar-refractivity contribution in [3.05, 3.63) is 30.3 Å². The molecule has 0 saturated carbocycles. The highest BCUT2D eigenvalue weighted by atomic mass is 32.2. The van der Waals surface area contributed by atoms with Crippen molar-refractivity contribution in [3.63, 3.8) is 0 Å². The fourth-order valence-corrected chi connectivity index (χ4v) is 5.98. The van der Waals surface area contributed by atoms with Crippen LogP contribution in [0.4, 0.5) is 4.79 Å². The normalized spacial score (nSPS) is 24.8. The summed E-state index contributed by atoms with van der Waals surface area (Å²) in [5.41, 5.74) is 0. The van der Waals surface area contributed by atoms with E-state index < -0.39 is 10.0 Å². The lowest BCUT2D eigenvalue weighted by atomic mass is 9.97. The Labute approximate surface area is 184 Å². The molecule has 0 spiro atoms. The van der Waals surface area contributed by atoms with E-state index in [2.05, 4.69) is 10.2 Å². The molecule has 10 heteroatoms. The fraction of sp³-hybridized carbons (Fsp3) is 0.667. The van der Waals surface area contributed by atoms with Gasteiger partial charge in [0.1, 0.15) is 0 Å². The molecule has 2 amide bonds. The van der Waals surface area contributed by atoms with Gasteiger partial charge in [0.05, 0.1) is 24.7 Å². The number of rotatable bonds is 6. The first-order valence-corrected chi connectivity index (χ1v) is 12.5. The molecule has 172 valence electrons. The molecular formula is C21H32N4O5S. The van der Waals surface area contributed by atoms with Gasteiger partial charge in [0.2, 0.25) is 10.0 Å². The molecule has 0 bridgehead atoms. The summed E-state index contributed by atoms with van der Waals surface area (Å²) in [6, 6.07) is 8.54. The highest BCUT2D eigenvalue weighted by Gasteiger charge is 2.33. The van der Waals surface area contributed by atoms with Crippen LogP contribution in [-0.4, -0.2) is 107 Å². The number of hydrogen-bond donors (Lipinski definition) is 1. The molecule has 0 aliphatic carbocycles. The zero-order valence-corrected chi connectivity index (χ0v) is 18.6. The van der Waals surface area contributed by atoms with Gasteiger partial charge in [0.25, 0.3) is 0 Å². The van der Waals surface area contributed by atoms with E-state index >= 15 is 0 Å². The average Bonchev–Trinajstić information content (AvgIpc) is 3.35. The maximum absolute atomic E-state index is 12.8. The van der Waals surface area contributed by atoms with Crippen molar-refractivity contribution in [2.24, 2.45) is 5.92 Å². The van der Waals surface area contributed by atoms with E-state index in [-0.39, 0.29) is 12.1 Å². The Morgan fingerprint density at radius 2 is 1.71 bits per heavy atom. The molecule has 3 heterocycles. The first-order chi connectivity index (χ1) is 15.1. The minimum atomic E-state index is -3.52. The molecule has 2 atom stereocenters. The molecule has 3 saturated heterocycles. The molecule has 9 nitrogen and oxygen atoms in total. The number of benzene rings is 1. The maximum atomic E-state index is 12.8. The van der Waals surface area contributed by atoms with E-state index in [1.807, 2.05) is 0 Å². The lowest BCUT2D eigenvalue weighted by Crippen LogP contribution is -2.56. The number of hydrogen-bond acceptors (Lipinski definition) is 6. The van der Waals surface area contributed by atoms with Crippen LogP contribution >= 0.6 is 0 Å². The molecule has 1 N–H and O–H groups in total. The molecule has 31 heavy (non-hydrogen) atoms. The second-order valence-corrected chi connectivity index (χ2v) is 10.2. The van der Waals surface area contributed by atoms with Crippen LogP contribution in [0, 0.1) is 5.92 Å². The number of amides is 2. The van der Waals surface area contributed by atoms with E-state index in [0.717, 1.165) is 45.9 Å². The van der Waals surface area contributed by atoms with Gasteiger partial charge in [0, 0.05) is 64.4 Å². The number of nitrogens with one attached hydrogen (secondary N) is 1. The molecule has 3 aliphatic heterocycles. The summed E-state index contributed by atoms with van der Waals surface area (Å²) in [4.78, 5) is 17.2. The smallest absolute Gasteiger partial charge is 0.317 e. The van der Waals surface area contributed by atoms with Crippen molar-refractivity contribution >= 4 is 16.1 Å². The number of piperazine rings is 1. The molecular weight excluding hydrogens is 420 g/mol. The van der Waals surface area contributed by atoms with Crippen LogP contribution in [0.5, 0.6) is 0 Å². The third-order valence-corrected chi connectivity index (χ3v) is 8.31. The van der Waals surface area contributed by atoms with Crippen LogP contribution in [0.2, 0.25) is 0 Å². The second kappa shape index (κ2) is 10.3. The third-order valence-electron chi connectivity index (χ3n) is 6.39. The van der Waals surface area contributed by atoms with Crippen molar-refractivity contribution in [2.75, 3.05) is 72.2 Å². The Balaban J connectivity index is 1.30. The van der Waals surface area contributed by atoms with Gasteiger partial charge in [0.15, 0.2) is 0 Å². The fourth-order valence-electron chi connectivity index (χ4n) is 4.54. The van der Waals surface area contributed by atoms with Gasteiger partial charge in [-0.1, -0.05) is 18.2 Å². The summed E-state index contributed by atoms with van der Waals surface area (Å²) in [5, 5.41) is 3.09. The van der Waals surface area contributed by atoms with E-state index in [0.29, 0.717) is 43.5 Å². The van der Waals surface area contributed by atoms with Crippen LogP contribution in [0.3, 0.4) is 0 Å². The summed E-state index contributed by atoms with van der Waals surface area (Å²) in [7, 11) is -3.52. The summed E-state index contributed by atoms with van der Waals surface area (Å²) in [6.07, 6.45) is 1.01. The Morgan fingerprint density at radius 1 is 1.00 bits per heavy atom. The number of morpholine rings is 1. The minimum Gasteiger partial charge on any atom is -0.381 e. The van der Waals surface area contributed by atoms with E-state index in [9.17, 15) is 13.2 Å². The lowest BCUT2D eigenvalue weighted by molar-refractivity contribution is 0.00180. The first-order valence-electron chi connectivity index (χ1n) is 11.0. The second-order valence-electron chi connectivity index (χ2n) is 8.23. The molecule has 0 aromatic heterocycles. The number of carbonyl (C=O) groups excluding carboxylic acids is 1. The van der Waals surface area contributed by atoms with Gasteiger partial charge in [-0.05, 0) is 18.6 Å². The highest BCUT2D eigenvalue weighted by molar-refractivity contribution is 7.89. The molecule has 1 aromatic carbocycles. The van der Waals surface area contributed by atoms with E-state index in [1.165, 1.54) is 4.31 Å². The number of nitrogens with zero attached hydrogens (tertiary/aromatic N) is 3. The van der Waals surface area contributed by atoms with Crippen LogP contribution < -0.4 is 5.32 Å². The van der Waals surface area contributed by atoms with E-state index in [1.54, 1.807) is 35.2 Å². The molecule has 4 rings (SSSR count). The van der Waals surface area contributed by atoms with Crippen molar-refractivity contribution in [3.8, 4) is 0 Å². The third kappa shape index (κ3) is 5.38. The molecule has 1 aromatic rings. The summed E-state index contributed by atoms with van der Waals surface area (Å²) in [5.74, 6) is 0.409. The molecule has 0 radical (unpaired) electrons. The van der Waals surface area contributed by atoms with Gasteiger partial charge in [-0.15, -0.1) is 0 Å². The van der Waals surface area contributed by atoms with Crippen LogP contribution in [0.25, 0.3) is 0 Å². The highest BCUT2D eigenvalue weighted by Crippen LogP contribution is 2.22. The van der Waals surface area contributed by atoms with E-state index in [4.69, 9.17) is 9.47 Å². The van der Waals surface area contributed by atoms with Crippen molar-refractivity contribution in [1.82, 2.24) is 19.4 Å². The summed E-state index contributed by atoms with van der Waals surface area (Å²) in [6.45, 7) is 6.60. The number of carbonyl (C=O) groups is 1. The van der Waals surface area contributed by atoms with Gasteiger partial charge in [-0.25, -0.2) is 13.2 Å². The largest absolute Gasteiger partial charge is 0.381 e. The Bertz CT molecular complexity index is 817. The quantitative estimate of drug-likeness (QED) is 0.674. The number of ether oxygens (including phenoxy) is 2. The summed E-state index contributed by atoms with van der Waals surface area (Å²) < 4.78 is 38.1. The van der Waals surface area contributed by atoms with Crippen molar-refractivity contribution in [2.45, 2.75) is 17.4 Å². The minimum absolute atomic E-state index is 0.131. The lowest BCUT2D eigenvalue weighted by Gasteiger charge is -2.38. The van der Waals surface area contributed by atoms with Gasteiger partial charge >= 0.3 is 6.03 Å². The van der Waals surface area contributed by atoms with Crippen LogP contribution in [-0.2, 0) is 19.5 Å². The van der Waals surface area contributed by atoms with Gasteiger partial charge in [-0.3, -0.25) is 4.90 Å². The topological polar surface area (TPSA) is 91.4 Å². The predicted molar refractivity (Wildman–Crippen MR) is 115 cm³/mol. The van der Waals surface area contributed by atoms with Gasteiger partial charge in [-0.2, -0.15) is 4.31 Å². The zero-order valence-electron chi connectivity index (χ0n) is 17.8. The standard InChI is InChI=1S/C21H32N4O5S/c26-21(22-16-20(18-6-13-30-17-18)23-11-14-29-15-12-23)24-7-9-25(10-8-24)31(27,28)19-4-2-1-3-5-19/h1-5,18,20H,6-17H2,(H,22,26)/t18-,20+/m1/s1. The Kier molecular flexibility index (Phi) is 7.44. The number of urea groups is 1. The maximum Gasteiger partial charge on any atom is 0.317 e. The Morgan fingerprint density at radius 3 is 2.35 bits per heavy atom. The van der Waals surface area contributed by atoms with Gasteiger partial charge < -0.3 is 19.7 Å². The Hall–Kier alpha value is -1.72. The zero-order chi connectivity index (χ0) is 21.7. The average molecular weight is 453 g/mol. The van der Waals surface area contributed by atoms with Crippen LogP contribution in [0.1, 0.15) is 6.42 Å². The summed E-state index contributed by atoms with van der Waals surface area (Å²) >= 11 is 0. The number of sulfonamides is 1. The first kappa shape index (κ1) is 22.5. The van der Waals surface area contributed by atoms with Crippen molar-refractivity contribution < 1.29 is 22.7 Å². The van der Waals surface area contributed by atoms with Crippen molar-refractivity contribution in [1.29, 1.82) is 0 Å². The van der Waals surface area contributed by atoms with Crippen LogP contribution in [0.15, 0.2) is 35.2 Å². The monoisotopic (exact) mass is 452 g/mol. The SMILES string of the molecule is O=C(NC[C@@H]([C@@H]1CCOC1)N1CCOCC1)N1CCN(S(=O)(=O)c2ccccc2)CC1. The predicted octanol–water partition coefficient (Wildman–Crippen LogP) is 0.440. The molecule has 3 fully saturated rings. The molecule has 0 unspecified atom stereocenters. The molecule has 3 aliphatic rings.